The van der Waals surface area contributed by atoms with Gasteiger partial charge < -0.3 is 0 Å². The van der Waals surface area contributed by atoms with Crippen LogP contribution in [0.5, 0.6) is 0 Å². The zero-order chi connectivity index (χ0) is 11.8. The van der Waals surface area contributed by atoms with Gasteiger partial charge in [0.1, 0.15) is 5.82 Å². The summed E-state index contributed by atoms with van der Waals surface area (Å²) in [6.07, 6.45) is 3.79. The lowest BCUT2D eigenvalue weighted by atomic mass is 9.83. The van der Waals surface area contributed by atoms with Crippen molar-refractivity contribution < 1.29 is 4.39 Å². The van der Waals surface area contributed by atoms with Crippen molar-refractivity contribution in [1.29, 1.82) is 0 Å². The first-order chi connectivity index (χ1) is 8.24. The molecule has 1 heterocycles. The van der Waals surface area contributed by atoms with E-state index >= 15 is 0 Å². The molecule has 1 aliphatic rings. The van der Waals surface area contributed by atoms with Crippen LogP contribution in [-0.4, -0.2) is 10.2 Å². The number of aromatic amines is 1. The van der Waals surface area contributed by atoms with Crippen molar-refractivity contribution in [2.45, 2.75) is 25.2 Å². The van der Waals surface area contributed by atoms with Crippen molar-refractivity contribution in [2.24, 2.45) is 0 Å². The molecule has 0 amide bonds. The fraction of sp³-hybridized carbons (Fsp3) is 0.308. The predicted octanol–water partition coefficient (Wildman–Crippen LogP) is 4.25. The number of aromatic nitrogens is 2. The highest BCUT2D eigenvalue weighted by molar-refractivity contribution is 9.10. The van der Waals surface area contributed by atoms with Crippen LogP contribution in [0.3, 0.4) is 0 Å². The summed E-state index contributed by atoms with van der Waals surface area (Å²) in [4.78, 5) is 0. The van der Waals surface area contributed by atoms with E-state index in [9.17, 15) is 4.39 Å². The van der Waals surface area contributed by atoms with Gasteiger partial charge in [-0.3, -0.25) is 5.10 Å². The second-order valence-electron chi connectivity index (χ2n) is 4.46. The van der Waals surface area contributed by atoms with E-state index in [-0.39, 0.29) is 5.82 Å². The molecule has 2 aromatic rings. The van der Waals surface area contributed by atoms with Crippen LogP contribution in [0.2, 0.25) is 0 Å². The molecular formula is C13H12BrFN2. The van der Waals surface area contributed by atoms with Gasteiger partial charge in [-0.2, -0.15) is 5.10 Å². The Morgan fingerprint density at radius 2 is 2.12 bits per heavy atom. The van der Waals surface area contributed by atoms with E-state index in [1.54, 1.807) is 6.07 Å². The summed E-state index contributed by atoms with van der Waals surface area (Å²) < 4.78 is 13.7. The fourth-order valence-corrected chi connectivity index (χ4v) is 2.65. The molecule has 3 rings (SSSR count). The van der Waals surface area contributed by atoms with E-state index in [0.29, 0.717) is 5.92 Å². The Bertz CT molecular complexity index is 546. The Labute approximate surface area is 107 Å². The molecule has 1 aromatic heterocycles. The standard InChI is InChI=1S/C13H12BrFN2/c14-11-6-9(15)4-5-10(11)13-7-12(16-17-13)8-2-1-3-8/h4-8H,1-3H2,(H,16,17). The maximum Gasteiger partial charge on any atom is 0.124 e. The highest BCUT2D eigenvalue weighted by Gasteiger charge is 2.22. The summed E-state index contributed by atoms with van der Waals surface area (Å²) in [5, 5.41) is 7.39. The highest BCUT2D eigenvalue weighted by Crippen LogP contribution is 2.37. The Hall–Kier alpha value is -1.16. The summed E-state index contributed by atoms with van der Waals surface area (Å²) >= 11 is 3.37. The van der Waals surface area contributed by atoms with Gasteiger partial charge in [0.25, 0.3) is 0 Å². The first-order valence-corrected chi connectivity index (χ1v) is 6.54. The van der Waals surface area contributed by atoms with Crippen LogP contribution in [0.25, 0.3) is 11.3 Å². The molecule has 1 fully saturated rings. The molecule has 0 unspecified atom stereocenters. The smallest absolute Gasteiger partial charge is 0.124 e. The van der Waals surface area contributed by atoms with E-state index < -0.39 is 0 Å². The van der Waals surface area contributed by atoms with Crippen LogP contribution < -0.4 is 0 Å². The van der Waals surface area contributed by atoms with Crippen molar-refractivity contribution in [3.63, 3.8) is 0 Å². The number of nitrogens with zero attached hydrogens (tertiary/aromatic N) is 1. The zero-order valence-electron chi connectivity index (χ0n) is 9.21. The molecule has 1 saturated carbocycles. The fourth-order valence-electron chi connectivity index (χ4n) is 2.10. The van der Waals surface area contributed by atoms with E-state index in [0.717, 1.165) is 15.7 Å². The van der Waals surface area contributed by atoms with Crippen molar-refractivity contribution in [2.75, 3.05) is 0 Å². The average Bonchev–Trinajstić information content (AvgIpc) is 2.64. The minimum atomic E-state index is -0.240. The van der Waals surface area contributed by atoms with E-state index in [1.807, 2.05) is 0 Å². The number of hydrogen-bond acceptors (Lipinski definition) is 1. The molecular weight excluding hydrogens is 283 g/mol. The first kappa shape index (κ1) is 11.0. The Morgan fingerprint density at radius 3 is 2.76 bits per heavy atom. The van der Waals surface area contributed by atoms with Crippen molar-refractivity contribution in [1.82, 2.24) is 10.2 Å². The first-order valence-electron chi connectivity index (χ1n) is 5.75. The SMILES string of the molecule is Fc1ccc(-c2cc(C3CCC3)[nH]n2)c(Br)c1. The van der Waals surface area contributed by atoms with Crippen LogP contribution in [0.15, 0.2) is 28.7 Å². The number of rotatable bonds is 2. The van der Waals surface area contributed by atoms with E-state index in [4.69, 9.17) is 0 Å². The van der Waals surface area contributed by atoms with Crippen molar-refractivity contribution >= 4 is 15.9 Å². The summed E-state index contributed by atoms with van der Waals surface area (Å²) in [7, 11) is 0. The van der Waals surface area contributed by atoms with Gasteiger partial charge in [0, 0.05) is 21.6 Å². The Kier molecular flexibility index (Phi) is 2.74. The van der Waals surface area contributed by atoms with Crippen molar-refractivity contribution in [3.8, 4) is 11.3 Å². The molecule has 0 saturated heterocycles. The molecule has 0 atom stereocenters. The number of hydrogen-bond donors (Lipinski definition) is 1. The maximum absolute atomic E-state index is 13.0. The molecule has 1 aliphatic carbocycles. The monoisotopic (exact) mass is 294 g/mol. The second kappa shape index (κ2) is 4.26. The van der Waals surface area contributed by atoms with Gasteiger partial charge in [-0.25, -0.2) is 4.39 Å². The normalized spacial score (nSPS) is 15.9. The Morgan fingerprint density at radius 1 is 1.29 bits per heavy atom. The van der Waals surface area contributed by atoms with Gasteiger partial charge >= 0.3 is 0 Å². The average molecular weight is 295 g/mol. The third-order valence-corrected chi connectivity index (χ3v) is 4.01. The van der Waals surface area contributed by atoms with Crippen LogP contribution in [-0.2, 0) is 0 Å². The molecule has 17 heavy (non-hydrogen) atoms. The van der Waals surface area contributed by atoms with Gasteiger partial charge in [-0.1, -0.05) is 6.42 Å². The number of H-pyrrole nitrogens is 1. The molecule has 88 valence electrons. The second-order valence-corrected chi connectivity index (χ2v) is 5.31. The quantitative estimate of drug-likeness (QED) is 0.881. The summed E-state index contributed by atoms with van der Waals surface area (Å²) in [5.74, 6) is 0.394. The maximum atomic E-state index is 13.0. The molecule has 0 radical (unpaired) electrons. The molecule has 0 spiro atoms. The molecule has 2 nitrogen and oxygen atoms in total. The lowest BCUT2D eigenvalue weighted by Gasteiger charge is -2.23. The largest absolute Gasteiger partial charge is 0.282 e. The predicted molar refractivity (Wildman–Crippen MR) is 68.3 cm³/mol. The molecule has 0 bridgehead atoms. The number of benzene rings is 1. The van der Waals surface area contributed by atoms with Gasteiger partial charge in [0.2, 0.25) is 0 Å². The minimum absolute atomic E-state index is 0.240. The van der Waals surface area contributed by atoms with Crippen LogP contribution >= 0.6 is 15.9 Å². The summed E-state index contributed by atoms with van der Waals surface area (Å²) in [6, 6.07) is 6.74. The third-order valence-electron chi connectivity index (χ3n) is 3.35. The van der Waals surface area contributed by atoms with Gasteiger partial charge in [-0.15, -0.1) is 0 Å². The van der Waals surface area contributed by atoms with E-state index in [2.05, 4.69) is 32.2 Å². The molecule has 1 aromatic carbocycles. The van der Waals surface area contributed by atoms with Gasteiger partial charge in [-0.05, 0) is 53.0 Å². The molecule has 4 heteroatoms. The lowest BCUT2D eigenvalue weighted by molar-refractivity contribution is 0.410. The highest BCUT2D eigenvalue weighted by atomic mass is 79.9. The molecule has 1 N–H and O–H groups in total. The number of halogens is 2. The Balaban J connectivity index is 1.94. The number of nitrogens with one attached hydrogen (secondary N) is 1. The summed E-state index contributed by atoms with van der Waals surface area (Å²) in [5.41, 5.74) is 2.99. The minimum Gasteiger partial charge on any atom is -0.282 e. The van der Waals surface area contributed by atoms with E-state index in [1.165, 1.54) is 37.1 Å². The molecule has 0 aliphatic heterocycles. The van der Waals surface area contributed by atoms with Gasteiger partial charge in [0.05, 0.1) is 5.69 Å². The van der Waals surface area contributed by atoms with Crippen LogP contribution in [0, 0.1) is 5.82 Å². The van der Waals surface area contributed by atoms with Crippen LogP contribution in [0.1, 0.15) is 30.9 Å². The van der Waals surface area contributed by atoms with Gasteiger partial charge in [0.15, 0.2) is 0 Å². The summed E-state index contributed by atoms with van der Waals surface area (Å²) in [6.45, 7) is 0. The van der Waals surface area contributed by atoms with Crippen LogP contribution in [0.4, 0.5) is 4.39 Å². The lowest BCUT2D eigenvalue weighted by Crippen LogP contribution is -2.08. The topological polar surface area (TPSA) is 28.7 Å². The van der Waals surface area contributed by atoms with Crippen molar-refractivity contribution in [3.05, 3.63) is 40.2 Å². The zero-order valence-corrected chi connectivity index (χ0v) is 10.8. The third kappa shape index (κ3) is 2.02.